The van der Waals surface area contributed by atoms with Crippen LogP contribution in [-0.2, 0) is 4.79 Å². The van der Waals surface area contributed by atoms with Gasteiger partial charge in [0.2, 0.25) is 0 Å². The molecule has 0 fully saturated rings. The first-order valence-electron chi connectivity index (χ1n) is 5.46. The maximum absolute atomic E-state index is 11.7. The monoisotopic (exact) mass is 234 g/mol. The Kier molecular flexibility index (Phi) is 3.10. The van der Waals surface area contributed by atoms with E-state index in [0.29, 0.717) is 30.0 Å². The predicted octanol–water partition coefficient (Wildman–Crippen LogP) is 0.938. The number of hydrogen-bond donors (Lipinski definition) is 2. The van der Waals surface area contributed by atoms with Gasteiger partial charge in [0.1, 0.15) is 5.75 Å². The molecule has 1 aliphatic heterocycles. The lowest BCUT2D eigenvalue weighted by Gasteiger charge is -2.23. The number of nitrogens with one attached hydrogen (secondary N) is 1. The topological polar surface area (TPSA) is 81.4 Å². The van der Waals surface area contributed by atoms with Gasteiger partial charge >= 0.3 is 0 Å². The third kappa shape index (κ3) is 2.29. The van der Waals surface area contributed by atoms with E-state index in [1.54, 1.807) is 25.1 Å². The molecule has 1 aromatic carbocycles. The standard InChI is InChI=1S/C12H14N2O3/c1-7-12(16)14-9-3-2-8(6-11(9)17-7)10(15)4-5-13/h2-3,6-7H,4-5,13H2,1H3,(H,14,16). The predicted molar refractivity (Wildman–Crippen MR) is 63.2 cm³/mol. The summed E-state index contributed by atoms with van der Waals surface area (Å²) in [4.78, 5) is 23.0. The van der Waals surface area contributed by atoms with Crippen LogP contribution in [0.25, 0.3) is 0 Å². The number of ether oxygens (including phenoxy) is 1. The van der Waals surface area contributed by atoms with E-state index in [1.165, 1.54) is 0 Å². The zero-order chi connectivity index (χ0) is 12.4. The molecule has 0 aliphatic carbocycles. The Morgan fingerprint density at radius 1 is 1.53 bits per heavy atom. The maximum atomic E-state index is 11.7. The molecule has 3 N–H and O–H groups in total. The van der Waals surface area contributed by atoms with E-state index in [9.17, 15) is 9.59 Å². The molecule has 1 heterocycles. The molecule has 17 heavy (non-hydrogen) atoms. The van der Waals surface area contributed by atoms with Crippen LogP contribution in [0, 0.1) is 0 Å². The fourth-order valence-corrected chi connectivity index (χ4v) is 1.65. The molecule has 1 aromatic rings. The van der Waals surface area contributed by atoms with Gasteiger partial charge in [-0.25, -0.2) is 0 Å². The third-order valence-corrected chi connectivity index (χ3v) is 2.61. The van der Waals surface area contributed by atoms with Crippen molar-refractivity contribution in [2.24, 2.45) is 5.73 Å². The van der Waals surface area contributed by atoms with E-state index in [-0.39, 0.29) is 11.7 Å². The molecule has 1 amide bonds. The normalized spacial score (nSPS) is 18.0. The summed E-state index contributed by atoms with van der Waals surface area (Å²) < 4.78 is 5.42. The molecule has 0 aromatic heterocycles. The van der Waals surface area contributed by atoms with E-state index >= 15 is 0 Å². The van der Waals surface area contributed by atoms with Crippen molar-refractivity contribution in [2.75, 3.05) is 11.9 Å². The Labute approximate surface area is 98.9 Å². The van der Waals surface area contributed by atoms with Crippen LogP contribution in [0.1, 0.15) is 23.7 Å². The zero-order valence-electron chi connectivity index (χ0n) is 9.53. The van der Waals surface area contributed by atoms with Crippen molar-refractivity contribution in [3.63, 3.8) is 0 Å². The molecule has 5 nitrogen and oxygen atoms in total. The number of carbonyl (C=O) groups excluding carboxylic acids is 2. The third-order valence-electron chi connectivity index (χ3n) is 2.61. The van der Waals surface area contributed by atoms with Crippen LogP contribution in [0.15, 0.2) is 18.2 Å². The number of carbonyl (C=O) groups is 2. The minimum atomic E-state index is -0.539. The zero-order valence-corrected chi connectivity index (χ0v) is 9.53. The number of ketones is 1. The molecular formula is C12H14N2O3. The molecule has 5 heteroatoms. The fraction of sp³-hybridized carbons (Fsp3) is 0.333. The van der Waals surface area contributed by atoms with Gasteiger partial charge in [-0.3, -0.25) is 9.59 Å². The number of hydrogen-bond acceptors (Lipinski definition) is 4. The number of fused-ring (bicyclic) bond motifs is 1. The first-order valence-corrected chi connectivity index (χ1v) is 5.46. The Balaban J connectivity index is 2.28. The highest BCUT2D eigenvalue weighted by Gasteiger charge is 2.24. The summed E-state index contributed by atoms with van der Waals surface area (Å²) in [5, 5.41) is 2.71. The van der Waals surface area contributed by atoms with Gasteiger partial charge in [0.15, 0.2) is 11.9 Å². The fourth-order valence-electron chi connectivity index (χ4n) is 1.65. The minimum Gasteiger partial charge on any atom is -0.479 e. The number of anilines is 1. The summed E-state index contributed by atoms with van der Waals surface area (Å²) in [6.45, 7) is 1.98. The largest absolute Gasteiger partial charge is 0.479 e. The van der Waals surface area contributed by atoms with Crippen LogP contribution in [0.4, 0.5) is 5.69 Å². The summed E-state index contributed by atoms with van der Waals surface area (Å²) in [7, 11) is 0. The van der Waals surface area contributed by atoms with E-state index in [0.717, 1.165) is 0 Å². The van der Waals surface area contributed by atoms with Crippen LogP contribution in [0.2, 0.25) is 0 Å². The molecule has 0 saturated carbocycles. The van der Waals surface area contributed by atoms with Crippen molar-refractivity contribution in [1.82, 2.24) is 0 Å². The van der Waals surface area contributed by atoms with Gasteiger partial charge in [0.05, 0.1) is 5.69 Å². The van der Waals surface area contributed by atoms with Crippen molar-refractivity contribution in [3.05, 3.63) is 23.8 Å². The number of amides is 1. The molecule has 1 unspecified atom stereocenters. The van der Waals surface area contributed by atoms with Gasteiger partial charge in [-0.15, -0.1) is 0 Å². The van der Waals surface area contributed by atoms with E-state index in [4.69, 9.17) is 10.5 Å². The van der Waals surface area contributed by atoms with Gasteiger partial charge in [-0.05, 0) is 31.7 Å². The second-order valence-corrected chi connectivity index (χ2v) is 3.92. The smallest absolute Gasteiger partial charge is 0.265 e. The van der Waals surface area contributed by atoms with Crippen molar-refractivity contribution >= 4 is 17.4 Å². The Morgan fingerprint density at radius 3 is 3.00 bits per heavy atom. The minimum absolute atomic E-state index is 0.0246. The van der Waals surface area contributed by atoms with E-state index < -0.39 is 6.10 Å². The lowest BCUT2D eigenvalue weighted by molar-refractivity contribution is -0.122. The van der Waals surface area contributed by atoms with Crippen molar-refractivity contribution < 1.29 is 14.3 Å². The van der Waals surface area contributed by atoms with Crippen molar-refractivity contribution in [1.29, 1.82) is 0 Å². The number of Topliss-reactive ketones (excluding diaryl/α,β-unsaturated/α-hetero) is 1. The lowest BCUT2D eigenvalue weighted by Crippen LogP contribution is -2.34. The van der Waals surface area contributed by atoms with Gasteiger partial charge in [0, 0.05) is 12.0 Å². The quantitative estimate of drug-likeness (QED) is 0.762. The Bertz CT molecular complexity index is 471. The maximum Gasteiger partial charge on any atom is 0.265 e. The van der Waals surface area contributed by atoms with Crippen LogP contribution in [0.5, 0.6) is 5.75 Å². The van der Waals surface area contributed by atoms with E-state index in [1.807, 2.05) is 0 Å². The van der Waals surface area contributed by atoms with Gasteiger partial charge in [0.25, 0.3) is 5.91 Å². The van der Waals surface area contributed by atoms with Crippen molar-refractivity contribution in [3.8, 4) is 5.75 Å². The second kappa shape index (κ2) is 4.55. The molecule has 0 bridgehead atoms. The SMILES string of the molecule is CC1Oc2cc(C(=O)CCN)ccc2NC1=O. The number of nitrogens with two attached hydrogens (primary N) is 1. The molecule has 0 radical (unpaired) electrons. The molecule has 1 aliphatic rings. The van der Waals surface area contributed by atoms with Gasteiger partial charge in [-0.2, -0.15) is 0 Å². The Morgan fingerprint density at radius 2 is 2.29 bits per heavy atom. The first kappa shape index (κ1) is 11.6. The summed E-state index contributed by atoms with van der Waals surface area (Å²) in [6.07, 6.45) is -0.233. The average Bonchev–Trinajstić information content (AvgIpc) is 2.30. The molecule has 0 saturated heterocycles. The average molecular weight is 234 g/mol. The first-order chi connectivity index (χ1) is 8.11. The van der Waals surface area contributed by atoms with Crippen LogP contribution in [0.3, 0.4) is 0 Å². The summed E-state index contributed by atoms with van der Waals surface area (Å²) in [6, 6.07) is 4.97. The lowest BCUT2D eigenvalue weighted by atomic mass is 10.1. The van der Waals surface area contributed by atoms with Crippen LogP contribution in [-0.4, -0.2) is 24.3 Å². The number of rotatable bonds is 3. The molecular weight excluding hydrogens is 220 g/mol. The highest BCUT2D eigenvalue weighted by Crippen LogP contribution is 2.30. The Hall–Kier alpha value is -1.88. The second-order valence-electron chi connectivity index (χ2n) is 3.92. The number of benzene rings is 1. The van der Waals surface area contributed by atoms with Gasteiger partial charge in [-0.1, -0.05) is 0 Å². The highest BCUT2D eigenvalue weighted by molar-refractivity contribution is 6.00. The summed E-state index contributed by atoms with van der Waals surface area (Å²) >= 11 is 0. The van der Waals surface area contributed by atoms with Crippen LogP contribution >= 0.6 is 0 Å². The molecule has 1 atom stereocenters. The molecule has 90 valence electrons. The highest BCUT2D eigenvalue weighted by atomic mass is 16.5. The summed E-state index contributed by atoms with van der Waals surface area (Å²) in [5.74, 6) is 0.321. The van der Waals surface area contributed by atoms with Gasteiger partial charge < -0.3 is 15.8 Å². The van der Waals surface area contributed by atoms with E-state index in [2.05, 4.69) is 5.32 Å². The summed E-state index contributed by atoms with van der Waals surface area (Å²) in [5.41, 5.74) is 6.48. The van der Waals surface area contributed by atoms with Crippen LogP contribution < -0.4 is 15.8 Å². The molecule has 0 spiro atoms. The molecule has 2 rings (SSSR count). The van der Waals surface area contributed by atoms with Crippen molar-refractivity contribution in [2.45, 2.75) is 19.4 Å².